The predicted molar refractivity (Wildman–Crippen MR) is 120 cm³/mol. The average molecular weight is 466 g/mol. The second-order valence-corrected chi connectivity index (χ2v) is 7.87. The van der Waals surface area contributed by atoms with Gasteiger partial charge < -0.3 is 19.3 Å². The molecule has 3 aromatic rings. The molecule has 34 heavy (non-hydrogen) atoms. The highest BCUT2D eigenvalue weighted by Gasteiger charge is 2.56. The molecule has 1 saturated heterocycles. The first-order valence-corrected chi connectivity index (χ1v) is 10.6. The lowest BCUT2D eigenvalue weighted by Crippen LogP contribution is -2.47. The van der Waals surface area contributed by atoms with Crippen molar-refractivity contribution in [2.45, 2.75) is 37.3 Å². The van der Waals surface area contributed by atoms with Gasteiger partial charge in [0.15, 0.2) is 11.8 Å². The van der Waals surface area contributed by atoms with Crippen molar-refractivity contribution in [3.8, 4) is 12.3 Å². The molecule has 2 N–H and O–H groups in total. The van der Waals surface area contributed by atoms with Crippen LogP contribution in [0.2, 0.25) is 0 Å². The van der Waals surface area contributed by atoms with Gasteiger partial charge in [-0.25, -0.2) is 4.79 Å². The summed E-state index contributed by atoms with van der Waals surface area (Å²) >= 11 is 0. The summed E-state index contributed by atoms with van der Waals surface area (Å²) in [7, 11) is 0. The molecule has 0 amide bonds. The molecular formula is C25H23FN2O6. The molecule has 9 heteroatoms. The number of benzene rings is 2. The van der Waals surface area contributed by atoms with E-state index in [1.807, 2.05) is 65.6 Å². The molecule has 0 radical (unpaired) electrons. The Hall–Kier alpha value is -3.55. The summed E-state index contributed by atoms with van der Waals surface area (Å²) in [5, 5.41) is 11.1. The number of aromatic nitrogens is 2. The van der Waals surface area contributed by atoms with Crippen LogP contribution in [0.1, 0.15) is 17.4 Å². The van der Waals surface area contributed by atoms with Crippen LogP contribution in [0.15, 0.2) is 76.4 Å². The number of nitrogens with one attached hydrogen (secondary N) is 1. The largest absolute Gasteiger partial charge is 0.386 e. The van der Waals surface area contributed by atoms with Crippen LogP contribution in [-0.2, 0) is 27.4 Å². The average Bonchev–Trinajstić information content (AvgIpc) is 3.13. The Labute approximate surface area is 194 Å². The Morgan fingerprint density at radius 3 is 2.32 bits per heavy atom. The summed E-state index contributed by atoms with van der Waals surface area (Å²) in [6.45, 7) is 0.134. The van der Waals surface area contributed by atoms with Crippen molar-refractivity contribution < 1.29 is 23.7 Å². The fourth-order valence-corrected chi connectivity index (χ4v) is 3.81. The molecule has 1 fully saturated rings. The van der Waals surface area contributed by atoms with Crippen molar-refractivity contribution in [3.05, 3.63) is 105 Å². The summed E-state index contributed by atoms with van der Waals surface area (Å²) in [6, 6.07) is 18.6. The molecule has 2 heterocycles. The number of aromatic amines is 1. The van der Waals surface area contributed by atoms with E-state index in [0.29, 0.717) is 6.20 Å². The standard InChI is InChI=1S/C25H23FN2O6/c1-2-25(16-32-14-17-9-5-3-6-10-17)21(33-15-18-11-7-4-8-12-18)20(29)23(34-25)28-13-19(26)22(30)27-24(28)31/h1,3-13,20-21,23,29H,14-16H2,(H,27,30,31)/t20-,21-,23+,25+/m0/s1. The topological polar surface area (TPSA) is 103 Å². The second kappa shape index (κ2) is 10.2. The van der Waals surface area contributed by atoms with Crippen LogP contribution in [0, 0.1) is 18.2 Å². The second-order valence-electron chi connectivity index (χ2n) is 7.87. The molecule has 4 atom stereocenters. The van der Waals surface area contributed by atoms with Gasteiger partial charge in [0.1, 0.15) is 12.2 Å². The molecule has 1 aliphatic rings. The summed E-state index contributed by atoms with van der Waals surface area (Å²) in [5.41, 5.74) is -2.03. The number of hydrogen-bond donors (Lipinski definition) is 2. The van der Waals surface area contributed by atoms with Crippen molar-refractivity contribution in [2.75, 3.05) is 6.61 Å². The normalized spacial score (nSPS) is 24.1. The van der Waals surface area contributed by atoms with E-state index in [9.17, 15) is 19.1 Å². The summed E-state index contributed by atoms with van der Waals surface area (Å²) < 4.78 is 32.4. The van der Waals surface area contributed by atoms with E-state index < -0.39 is 41.1 Å². The lowest BCUT2D eigenvalue weighted by Gasteiger charge is -2.29. The maximum atomic E-state index is 13.9. The molecule has 4 rings (SSSR count). The predicted octanol–water partition coefficient (Wildman–Crippen LogP) is 1.74. The van der Waals surface area contributed by atoms with Crippen molar-refractivity contribution in [3.63, 3.8) is 0 Å². The van der Waals surface area contributed by atoms with Crippen molar-refractivity contribution in [1.82, 2.24) is 9.55 Å². The van der Waals surface area contributed by atoms with Crippen LogP contribution >= 0.6 is 0 Å². The Kier molecular flexibility index (Phi) is 7.05. The quantitative estimate of drug-likeness (QED) is 0.491. The Balaban J connectivity index is 1.62. The van der Waals surface area contributed by atoms with Gasteiger partial charge in [0.25, 0.3) is 5.56 Å². The number of H-pyrrole nitrogens is 1. The van der Waals surface area contributed by atoms with E-state index in [1.165, 1.54) is 0 Å². The molecule has 0 saturated carbocycles. The molecule has 0 aliphatic carbocycles. The van der Waals surface area contributed by atoms with Gasteiger partial charge >= 0.3 is 5.69 Å². The van der Waals surface area contributed by atoms with Gasteiger partial charge in [-0.1, -0.05) is 66.6 Å². The third-order valence-corrected chi connectivity index (χ3v) is 5.54. The van der Waals surface area contributed by atoms with Gasteiger partial charge in [-0.2, -0.15) is 4.39 Å². The number of ether oxygens (including phenoxy) is 3. The Morgan fingerprint density at radius 1 is 1.09 bits per heavy atom. The first kappa shape index (κ1) is 23.6. The number of nitrogens with zero attached hydrogens (tertiary/aromatic N) is 1. The maximum absolute atomic E-state index is 13.9. The molecule has 2 aromatic carbocycles. The van der Waals surface area contributed by atoms with E-state index >= 15 is 0 Å². The Morgan fingerprint density at radius 2 is 1.71 bits per heavy atom. The lowest BCUT2D eigenvalue weighted by molar-refractivity contribution is -0.124. The maximum Gasteiger partial charge on any atom is 0.330 e. The SMILES string of the molecule is C#C[C@]1(COCc2ccccc2)O[C@@H](n2cc(F)c(=O)[nH]c2=O)[C@@H](O)[C@@H]1OCc1ccccc1. The van der Waals surface area contributed by atoms with Gasteiger partial charge in [-0.15, -0.1) is 6.42 Å². The number of terminal acetylenes is 1. The van der Waals surface area contributed by atoms with E-state index in [-0.39, 0.29) is 19.8 Å². The van der Waals surface area contributed by atoms with Crippen LogP contribution in [0.3, 0.4) is 0 Å². The third kappa shape index (κ3) is 4.85. The van der Waals surface area contributed by atoms with Gasteiger partial charge in [-0.05, 0) is 11.1 Å². The van der Waals surface area contributed by atoms with Crippen molar-refractivity contribution in [1.29, 1.82) is 0 Å². The number of hydrogen-bond acceptors (Lipinski definition) is 6. The molecule has 0 spiro atoms. The zero-order chi connectivity index (χ0) is 24.1. The highest BCUT2D eigenvalue weighted by molar-refractivity contribution is 5.21. The minimum Gasteiger partial charge on any atom is -0.386 e. The van der Waals surface area contributed by atoms with E-state index in [4.69, 9.17) is 20.6 Å². The molecular weight excluding hydrogens is 443 g/mol. The summed E-state index contributed by atoms with van der Waals surface area (Å²) in [6.07, 6.45) is 2.49. The summed E-state index contributed by atoms with van der Waals surface area (Å²) in [5.74, 6) is 1.30. The molecule has 0 unspecified atom stereocenters. The molecule has 176 valence electrons. The minimum atomic E-state index is -1.60. The van der Waals surface area contributed by atoms with Crippen molar-refractivity contribution in [2.24, 2.45) is 0 Å². The number of halogens is 1. The van der Waals surface area contributed by atoms with Crippen molar-refractivity contribution >= 4 is 0 Å². The van der Waals surface area contributed by atoms with E-state index in [1.54, 1.807) is 0 Å². The highest BCUT2D eigenvalue weighted by atomic mass is 19.1. The number of aliphatic hydroxyl groups excluding tert-OH is 1. The van der Waals surface area contributed by atoms with Gasteiger partial charge in [0.2, 0.25) is 5.82 Å². The summed E-state index contributed by atoms with van der Waals surface area (Å²) in [4.78, 5) is 25.6. The Bertz CT molecular complexity index is 1270. The number of aliphatic hydroxyl groups is 1. The van der Waals surface area contributed by atoms with Crippen LogP contribution in [-0.4, -0.2) is 39.1 Å². The minimum absolute atomic E-state index is 0.0929. The smallest absolute Gasteiger partial charge is 0.330 e. The van der Waals surface area contributed by atoms with E-state index in [0.717, 1.165) is 15.7 Å². The highest BCUT2D eigenvalue weighted by Crippen LogP contribution is 2.39. The third-order valence-electron chi connectivity index (χ3n) is 5.54. The first-order chi connectivity index (χ1) is 16.4. The lowest BCUT2D eigenvalue weighted by atomic mass is 9.96. The zero-order valence-corrected chi connectivity index (χ0v) is 18.1. The molecule has 1 aromatic heterocycles. The fourth-order valence-electron chi connectivity index (χ4n) is 3.81. The van der Waals surface area contributed by atoms with Crippen LogP contribution in [0.5, 0.6) is 0 Å². The first-order valence-electron chi connectivity index (χ1n) is 10.6. The van der Waals surface area contributed by atoms with Gasteiger partial charge in [0, 0.05) is 0 Å². The molecule has 8 nitrogen and oxygen atoms in total. The van der Waals surface area contributed by atoms with Gasteiger partial charge in [-0.3, -0.25) is 14.3 Å². The van der Waals surface area contributed by atoms with Crippen LogP contribution in [0.4, 0.5) is 4.39 Å². The van der Waals surface area contributed by atoms with E-state index in [2.05, 4.69) is 5.92 Å². The van der Waals surface area contributed by atoms with Gasteiger partial charge in [0.05, 0.1) is 26.0 Å². The van der Waals surface area contributed by atoms with Crippen LogP contribution in [0.25, 0.3) is 0 Å². The molecule has 1 aliphatic heterocycles. The monoisotopic (exact) mass is 466 g/mol. The van der Waals surface area contributed by atoms with Crippen LogP contribution < -0.4 is 11.2 Å². The fraction of sp³-hybridized carbons (Fsp3) is 0.280. The molecule has 0 bridgehead atoms. The zero-order valence-electron chi connectivity index (χ0n) is 18.1. The number of rotatable bonds is 8.